The lowest BCUT2D eigenvalue weighted by atomic mass is 10.0. The molecule has 2 aromatic rings. The van der Waals surface area contributed by atoms with Crippen LogP contribution in [0.15, 0.2) is 29.9 Å². The quantitative estimate of drug-likeness (QED) is 0.448. The van der Waals surface area contributed by atoms with Crippen molar-refractivity contribution >= 4 is 29.0 Å². The lowest BCUT2D eigenvalue weighted by Crippen LogP contribution is -2.17. The number of imidazole rings is 1. The highest BCUT2D eigenvalue weighted by Gasteiger charge is 2.17. The minimum absolute atomic E-state index is 0.133. The highest BCUT2D eigenvalue weighted by molar-refractivity contribution is 8.04. The Hall–Kier alpha value is -1.75. The number of nitrogens with zero attached hydrogens (tertiary/aromatic N) is 2. The van der Waals surface area contributed by atoms with Crippen molar-refractivity contribution in [3.63, 3.8) is 0 Å². The second-order valence-corrected chi connectivity index (χ2v) is 7.96. The second-order valence-electron chi connectivity index (χ2n) is 6.49. The van der Waals surface area contributed by atoms with Crippen LogP contribution in [0.3, 0.4) is 0 Å². The van der Waals surface area contributed by atoms with Crippen LogP contribution in [0.25, 0.3) is 5.65 Å². The number of hydrogen-bond donors (Lipinski definition) is 1. The summed E-state index contributed by atoms with van der Waals surface area (Å²) in [6, 6.07) is 1.95. The number of pyridine rings is 1. The van der Waals surface area contributed by atoms with E-state index >= 15 is 0 Å². The zero-order chi connectivity index (χ0) is 23.9. The third-order valence-corrected chi connectivity index (χ3v) is 5.55. The number of carbonyl (C=O) groups is 1. The molecule has 0 saturated carbocycles. The third-order valence-electron chi connectivity index (χ3n) is 4.24. The summed E-state index contributed by atoms with van der Waals surface area (Å²) in [5, 5.41) is 3.33. The summed E-state index contributed by atoms with van der Waals surface area (Å²) in [4.78, 5) is 17.5. The Morgan fingerprint density at radius 3 is 2.23 bits per heavy atom. The number of fused-ring (bicyclic) bond motifs is 1. The first-order valence-electron chi connectivity index (χ1n) is 11.4. The average molecular weight is 436 g/mol. The first-order valence-corrected chi connectivity index (χ1v) is 12.3. The fourth-order valence-electron chi connectivity index (χ4n) is 2.74. The molecule has 4 nitrogen and oxygen atoms in total. The summed E-state index contributed by atoms with van der Waals surface area (Å²) >= 11 is 1.56. The van der Waals surface area contributed by atoms with Crippen LogP contribution in [0.1, 0.15) is 86.4 Å². The van der Waals surface area contributed by atoms with Crippen molar-refractivity contribution in [2.45, 2.75) is 94.3 Å². The second kappa shape index (κ2) is 17.0. The maximum Gasteiger partial charge on any atom is 0.261 e. The summed E-state index contributed by atoms with van der Waals surface area (Å²) in [5.74, 6) is 0.434. The van der Waals surface area contributed by atoms with E-state index < -0.39 is 0 Å². The predicted molar refractivity (Wildman–Crippen MR) is 138 cm³/mol. The van der Waals surface area contributed by atoms with Crippen LogP contribution in [0.5, 0.6) is 0 Å². The van der Waals surface area contributed by atoms with Crippen molar-refractivity contribution in [2.75, 3.05) is 5.32 Å². The monoisotopic (exact) mass is 435 g/mol. The van der Waals surface area contributed by atoms with Crippen LogP contribution in [-0.4, -0.2) is 20.5 Å². The molecule has 1 amide bonds. The Kier molecular flexibility index (Phi) is 17.2. The fourth-order valence-corrected chi connectivity index (χ4v) is 3.72. The molecule has 30 heavy (non-hydrogen) atoms. The molecule has 1 N–H and O–H groups in total. The molecule has 0 spiro atoms. The molecule has 172 valence electrons. The highest BCUT2D eigenvalue weighted by atomic mass is 32.2. The molecular weight excluding hydrogens is 390 g/mol. The van der Waals surface area contributed by atoms with Gasteiger partial charge in [-0.15, -0.1) is 11.8 Å². The molecule has 5 heteroatoms. The van der Waals surface area contributed by atoms with Crippen LogP contribution in [0.2, 0.25) is 0 Å². The van der Waals surface area contributed by atoms with Gasteiger partial charge in [0, 0.05) is 17.6 Å². The molecule has 0 aliphatic rings. The molecule has 2 unspecified atom stereocenters. The molecule has 0 aromatic carbocycles. The van der Waals surface area contributed by atoms with Crippen LogP contribution in [-0.2, 0) is 4.79 Å². The summed E-state index contributed by atoms with van der Waals surface area (Å²) < 4.78 is 1.95. The van der Waals surface area contributed by atoms with Crippen molar-refractivity contribution in [3.8, 4) is 0 Å². The van der Waals surface area contributed by atoms with E-state index in [1.54, 1.807) is 11.8 Å². The van der Waals surface area contributed by atoms with Gasteiger partial charge < -0.3 is 9.72 Å². The number of aromatic nitrogens is 2. The number of amides is 1. The SMILES string of the molecule is C=C(SC(C)C(C)CCC)C(=O)Nc1cc(C)c2nc(C)cn2c1.CC.CC.CC. The Balaban J connectivity index is 0. The van der Waals surface area contributed by atoms with Crippen molar-refractivity contribution in [1.29, 1.82) is 0 Å². The summed E-state index contributed by atoms with van der Waals surface area (Å²) in [7, 11) is 0. The van der Waals surface area contributed by atoms with Crippen LogP contribution >= 0.6 is 11.8 Å². The van der Waals surface area contributed by atoms with E-state index in [1.165, 1.54) is 6.42 Å². The van der Waals surface area contributed by atoms with Crippen LogP contribution in [0, 0.1) is 19.8 Å². The molecule has 2 atom stereocenters. The largest absolute Gasteiger partial charge is 0.320 e. The maximum absolute atomic E-state index is 12.4. The molecule has 0 bridgehead atoms. The van der Waals surface area contributed by atoms with E-state index in [0.29, 0.717) is 16.1 Å². The van der Waals surface area contributed by atoms with Crippen molar-refractivity contribution in [3.05, 3.63) is 41.2 Å². The van der Waals surface area contributed by atoms with Gasteiger partial charge in [-0.05, 0) is 37.8 Å². The molecule has 2 aromatic heterocycles. The Morgan fingerprint density at radius 2 is 1.70 bits per heavy atom. The topological polar surface area (TPSA) is 46.4 Å². The van der Waals surface area contributed by atoms with Gasteiger partial charge in [0.25, 0.3) is 5.91 Å². The average Bonchev–Trinajstić information content (AvgIpc) is 3.13. The van der Waals surface area contributed by atoms with E-state index in [1.807, 2.05) is 78.3 Å². The normalized spacial score (nSPS) is 11.6. The van der Waals surface area contributed by atoms with Gasteiger partial charge in [-0.2, -0.15) is 0 Å². The molecule has 0 saturated heterocycles. The van der Waals surface area contributed by atoms with Crippen LogP contribution in [0.4, 0.5) is 5.69 Å². The van der Waals surface area contributed by atoms with Gasteiger partial charge in [0.05, 0.1) is 16.3 Å². The van der Waals surface area contributed by atoms with Crippen molar-refractivity contribution in [2.24, 2.45) is 5.92 Å². The summed E-state index contributed by atoms with van der Waals surface area (Å²) in [6.07, 6.45) is 6.17. The number of anilines is 1. The molecular formula is C25H45N3OS. The van der Waals surface area contributed by atoms with Gasteiger partial charge in [-0.25, -0.2) is 4.98 Å². The van der Waals surface area contributed by atoms with Gasteiger partial charge >= 0.3 is 0 Å². The minimum Gasteiger partial charge on any atom is -0.320 e. The van der Waals surface area contributed by atoms with Gasteiger partial charge in [0.2, 0.25) is 0 Å². The molecule has 2 heterocycles. The first kappa shape index (κ1) is 30.4. The number of thioether (sulfide) groups is 1. The van der Waals surface area contributed by atoms with E-state index in [2.05, 4.69) is 37.7 Å². The van der Waals surface area contributed by atoms with E-state index in [-0.39, 0.29) is 5.91 Å². The lowest BCUT2D eigenvalue weighted by molar-refractivity contribution is -0.112. The Labute approximate surface area is 190 Å². The Bertz CT molecular complexity index is 752. The first-order chi connectivity index (χ1) is 14.3. The van der Waals surface area contributed by atoms with Crippen molar-refractivity contribution < 1.29 is 4.79 Å². The third kappa shape index (κ3) is 9.84. The molecule has 0 aliphatic carbocycles. The van der Waals surface area contributed by atoms with E-state index in [0.717, 1.165) is 29.0 Å². The number of hydrogen-bond acceptors (Lipinski definition) is 3. The smallest absolute Gasteiger partial charge is 0.261 e. The van der Waals surface area contributed by atoms with E-state index in [4.69, 9.17) is 0 Å². The van der Waals surface area contributed by atoms with Gasteiger partial charge in [0.15, 0.2) is 0 Å². The number of aryl methyl sites for hydroxylation is 2. The Morgan fingerprint density at radius 1 is 1.13 bits per heavy atom. The molecule has 0 radical (unpaired) electrons. The van der Waals surface area contributed by atoms with Crippen molar-refractivity contribution in [1.82, 2.24) is 9.38 Å². The number of carbonyl (C=O) groups excluding carboxylic acids is 1. The molecule has 0 fully saturated rings. The number of rotatable bonds is 7. The number of nitrogens with one attached hydrogen (secondary N) is 1. The zero-order valence-electron chi connectivity index (χ0n) is 21.2. The van der Waals surface area contributed by atoms with Gasteiger partial charge in [-0.1, -0.05) is 75.3 Å². The zero-order valence-corrected chi connectivity index (χ0v) is 22.0. The van der Waals surface area contributed by atoms with E-state index in [9.17, 15) is 4.79 Å². The lowest BCUT2D eigenvalue weighted by Gasteiger charge is -2.19. The summed E-state index contributed by atoms with van der Waals surface area (Å²) in [6.45, 7) is 26.5. The predicted octanol–water partition coefficient (Wildman–Crippen LogP) is 8.04. The molecule has 0 aliphatic heterocycles. The standard InChI is InChI=1S/C19H27N3OS.3C2H6/c1-7-8-12(2)15(5)24-16(6)19(23)21-17-9-13(3)18-20-14(4)10-22(18)11-17;3*1-2/h9-12,15H,6-8H2,1-5H3,(H,21,23);3*1-2H3. The van der Waals surface area contributed by atoms with Gasteiger partial charge in [-0.3, -0.25) is 4.79 Å². The molecule has 2 rings (SSSR count). The van der Waals surface area contributed by atoms with Gasteiger partial charge in [0.1, 0.15) is 5.65 Å². The summed E-state index contributed by atoms with van der Waals surface area (Å²) in [5.41, 5.74) is 3.67. The fraction of sp³-hybridized carbons (Fsp3) is 0.600. The highest BCUT2D eigenvalue weighted by Crippen LogP contribution is 2.29. The minimum atomic E-state index is -0.133. The maximum atomic E-state index is 12.4. The van der Waals surface area contributed by atoms with Crippen LogP contribution < -0.4 is 5.32 Å².